The molecule has 1 unspecified atom stereocenters. The number of rotatable bonds is 4. The summed E-state index contributed by atoms with van der Waals surface area (Å²) < 4.78 is 0. The fourth-order valence-electron chi connectivity index (χ4n) is 0.764. The second-order valence-electron chi connectivity index (χ2n) is 4.42. The zero-order valence-corrected chi connectivity index (χ0v) is 8.96. The highest BCUT2D eigenvalue weighted by molar-refractivity contribution is 5.83. The van der Waals surface area contributed by atoms with Gasteiger partial charge in [0.2, 0.25) is 11.8 Å². The van der Waals surface area contributed by atoms with Crippen LogP contribution in [0.15, 0.2) is 0 Å². The van der Waals surface area contributed by atoms with Gasteiger partial charge < -0.3 is 16.8 Å². The molecule has 0 rings (SSSR count). The quantitative estimate of drug-likeness (QED) is 0.563. The fourth-order valence-corrected chi connectivity index (χ4v) is 0.764. The summed E-state index contributed by atoms with van der Waals surface area (Å²) in [4.78, 5) is 21.6. The lowest BCUT2D eigenvalue weighted by Crippen LogP contribution is -2.41. The normalized spacial score (nSPS) is 13.4. The molecule has 0 saturated carbocycles. The highest BCUT2D eigenvalue weighted by Gasteiger charge is 2.22. The van der Waals surface area contributed by atoms with E-state index in [-0.39, 0.29) is 30.3 Å². The molecule has 14 heavy (non-hydrogen) atoms. The molecule has 1 atom stereocenters. The summed E-state index contributed by atoms with van der Waals surface area (Å²) in [5.74, 6) is -0.797. The zero-order chi connectivity index (χ0) is 11.4. The van der Waals surface area contributed by atoms with Gasteiger partial charge in [0.1, 0.15) is 0 Å². The van der Waals surface area contributed by atoms with Crippen molar-refractivity contribution in [3.8, 4) is 0 Å². The second kappa shape index (κ2) is 4.95. The molecule has 0 aromatic carbocycles. The van der Waals surface area contributed by atoms with E-state index in [4.69, 9.17) is 11.5 Å². The fraction of sp³-hybridized carbons (Fsp3) is 0.778. The van der Waals surface area contributed by atoms with Gasteiger partial charge in [-0.15, -0.1) is 0 Å². The Morgan fingerprint density at radius 2 is 1.86 bits per heavy atom. The first kappa shape index (κ1) is 12.9. The van der Waals surface area contributed by atoms with Crippen LogP contribution < -0.4 is 16.8 Å². The van der Waals surface area contributed by atoms with Gasteiger partial charge in [0.25, 0.3) is 0 Å². The predicted molar refractivity (Wildman–Crippen MR) is 54.3 cm³/mol. The number of amides is 2. The molecule has 5 nitrogen and oxygen atoms in total. The number of carbonyl (C=O) groups excluding carboxylic acids is 2. The molecule has 2 amide bonds. The average Bonchev–Trinajstić information content (AvgIpc) is 1.99. The van der Waals surface area contributed by atoms with E-state index in [9.17, 15) is 9.59 Å². The van der Waals surface area contributed by atoms with Crippen LogP contribution in [0.4, 0.5) is 0 Å². The molecule has 0 aliphatic carbocycles. The molecule has 0 heterocycles. The van der Waals surface area contributed by atoms with Gasteiger partial charge in [0.05, 0.1) is 6.54 Å². The van der Waals surface area contributed by atoms with Crippen LogP contribution in [-0.2, 0) is 9.59 Å². The summed E-state index contributed by atoms with van der Waals surface area (Å²) in [6, 6.07) is -0.227. The second-order valence-corrected chi connectivity index (χ2v) is 4.42. The highest BCUT2D eigenvalue weighted by Crippen LogP contribution is 2.19. The molecule has 0 saturated heterocycles. The lowest BCUT2D eigenvalue weighted by atomic mass is 9.85. The summed E-state index contributed by atoms with van der Waals surface area (Å²) in [5, 5.41) is 2.39. The number of hydrogen-bond acceptors (Lipinski definition) is 3. The van der Waals surface area contributed by atoms with Crippen molar-refractivity contribution in [2.75, 3.05) is 6.54 Å². The molecule has 0 spiro atoms. The van der Waals surface area contributed by atoms with E-state index in [2.05, 4.69) is 5.32 Å². The molecule has 0 aliphatic heterocycles. The average molecular weight is 201 g/mol. The van der Waals surface area contributed by atoms with E-state index in [0.29, 0.717) is 0 Å². The van der Waals surface area contributed by atoms with Gasteiger partial charge >= 0.3 is 0 Å². The van der Waals surface area contributed by atoms with Crippen molar-refractivity contribution in [2.24, 2.45) is 16.9 Å². The van der Waals surface area contributed by atoms with Gasteiger partial charge in [-0.2, -0.15) is 0 Å². The number of hydrogen-bond donors (Lipinski definition) is 3. The van der Waals surface area contributed by atoms with Crippen LogP contribution in [0.2, 0.25) is 0 Å². The number of primary amides is 1. The van der Waals surface area contributed by atoms with E-state index in [1.807, 2.05) is 20.8 Å². The summed E-state index contributed by atoms with van der Waals surface area (Å²) in [6.45, 7) is 5.74. The summed E-state index contributed by atoms with van der Waals surface area (Å²) in [6.07, 6.45) is 0.205. The molecule has 0 aromatic rings. The van der Waals surface area contributed by atoms with Crippen LogP contribution >= 0.6 is 0 Å². The molecule has 0 aliphatic rings. The Labute approximate surface area is 84.2 Å². The molecule has 5 N–H and O–H groups in total. The van der Waals surface area contributed by atoms with Gasteiger partial charge in [0, 0.05) is 12.5 Å². The maximum absolute atomic E-state index is 11.2. The van der Waals surface area contributed by atoms with E-state index in [0.717, 1.165) is 0 Å². The SMILES string of the molecule is CC(C)(C)C(N)CC(=O)NCC(N)=O. The Hall–Kier alpha value is -1.10. The van der Waals surface area contributed by atoms with E-state index in [1.54, 1.807) is 0 Å². The van der Waals surface area contributed by atoms with E-state index >= 15 is 0 Å². The first-order valence-corrected chi connectivity index (χ1v) is 4.54. The van der Waals surface area contributed by atoms with Crippen LogP contribution in [0.1, 0.15) is 27.2 Å². The summed E-state index contributed by atoms with van der Waals surface area (Å²) in [7, 11) is 0. The Bertz CT molecular complexity index is 221. The van der Waals surface area contributed by atoms with Crippen LogP contribution in [0.5, 0.6) is 0 Å². The topological polar surface area (TPSA) is 98.2 Å². The highest BCUT2D eigenvalue weighted by atomic mass is 16.2. The molecular formula is C9H19N3O2. The lowest BCUT2D eigenvalue weighted by molar-refractivity contribution is -0.125. The van der Waals surface area contributed by atoms with Gasteiger partial charge in [0.15, 0.2) is 0 Å². The minimum atomic E-state index is -0.553. The Morgan fingerprint density at radius 1 is 1.36 bits per heavy atom. The van der Waals surface area contributed by atoms with Crippen LogP contribution in [-0.4, -0.2) is 24.4 Å². The summed E-state index contributed by atoms with van der Waals surface area (Å²) in [5.41, 5.74) is 10.5. The minimum absolute atomic E-state index is 0.121. The van der Waals surface area contributed by atoms with Crippen LogP contribution in [0.3, 0.4) is 0 Å². The lowest BCUT2D eigenvalue weighted by Gasteiger charge is -2.26. The molecule has 0 fully saturated rings. The minimum Gasteiger partial charge on any atom is -0.368 e. The molecule has 82 valence electrons. The van der Waals surface area contributed by atoms with Crippen molar-refractivity contribution in [3.05, 3.63) is 0 Å². The van der Waals surface area contributed by atoms with Crippen molar-refractivity contribution >= 4 is 11.8 Å². The monoisotopic (exact) mass is 201 g/mol. The Morgan fingerprint density at radius 3 is 2.21 bits per heavy atom. The number of nitrogens with one attached hydrogen (secondary N) is 1. The van der Waals surface area contributed by atoms with Crippen LogP contribution in [0.25, 0.3) is 0 Å². The zero-order valence-electron chi connectivity index (χ0n) is 8.96. The van der Waals surface area contributed by atoms with E-state index in [1.165, 1.54) is 0 Å². The molecule has 5 heteroatoms. The van der Waals surface area contributed by atoms with Crippen molar-refractivity contribution in [1.82, 2.24) is 5.32 Å². The van der Waals surface area contributed by atoms with Gasteiger partial charge in [-0.25, -0.2) is 0 Å². The number of nitrogens with two attached hydrogens (primary N) is 2. The molecule has 0 radical (unpaired) electrons. The van der Waals surface area contributed by atoms with Gasteiger partial charge in [-0.1, -0.05) is 20.8 Å². The molecular weight excluding hydrogens is 182 g/mol. The van der Waals surface area contributed by atoms with Crippen molar-refractivity contribution in [2.45, 2.75) is 33.2 Å². The van der Waals surface area contributed by atoms with Crippen LogP contribution in [0, 0.1) is 5.41 Å². The smallest absolute Gasteiger partial charge is 0.236 e. The van der Waals surface area contributed by atoms with Crippen molar-refractivity contribution in [3.63, 3.8) is 0 Å². The third kappa shape index (κ3) is 5.53. The predicted octanol–water partition coefficient (Wildman–Crippen LogP) is -0.649. The van der Waals surface area contributed by atoms with Crippen molar-refractivity contribution < 1.29 is 9.59 Å². The third-order valence-electron chi connectivity index (χ3n) is 1.98. The third-order valence-corrected chi connectivity index (χ3v) is 1.98. The van der Waals surface area contributed by atoms with Crippen molar-refractivity contribution in [1.29, 1.82) is 0 Å². The van der Waals surface area contributed by atoms with E-state index < -0.39 is 5.91 Å². The maximum Gasteiger partial charge on any atom is 0.236 e. The summed E-state index contributed by atoms with van der Waals surface area (Å²) >= 11 is 0. The Kier molecular flexibility index (Phi) is 4.56. The maximum atomic E-state index is 11.2. The standard InChI is InChI=1S/C9H19N3O2/c1-9(2,3)6(10)4-8(14)12-5-7(11)13/h6H,4-5,10H2,1-3H3,(H2,11,13)(H,12,14). The largest absolute Gasteiger partial charge is 0.368 e. The first-order valence-electron chi connectivity index (χ1n) is 4.54. The first-order chi connectivity index (χ1) is 6.23. The number of carbonyl (C=O) groups is 2. The van der Waals surface area contributed by atoms with Gasteiger partial charge in [-0.05, 0) is 5.41 Å². The molecule has 0 bridgehead atoms. The Balaban J connectivity index is 3.89. The van der Waals surface area contributed by atoms with Gasteiger partial charge in [-0.3, -0.25) is 9.59 Å². The molecule has 0 aromatic heterocycles.